The van der Waals surface area contributed by atoms with Crippen LogP contribution in [0.4, 0.5) is 0 Å². The van der Waals surface area contributed by atoms with Crippen molar-refractivity contribution in [3.63, 3.8) is 0 Å². The van der Waals surface area contributed by atoms with Crippen molar-refractivity contribution in [3.05, 3.63) is 94.3 Å². The van der Waals surface area contributed by atoms with Gasteiger partial charge in [-0.2, -0.15) is 0 Å². The fraction of sp³-hybridized carbons (Fsp3) is 0.167. The number of fused-ring (bicyclic) bond motifs is 1. The summed E-state index contributed by atoms with van der Waals surface area (Å²) >= 11 is 1.53. The number of para-hydroxylation sites is 2. The van der Waals surface area contributed by atoms with E-state index in [9.17, 15) is 4.79 Å². The number of benzene rings is 3. The first-order chi connectivity index (χ1) is 14.1. The van der Waals surface area contributed by atoms with E-state index in [0.29, 0.717) is 28.4 Å². The smallest absolute Gasteiger partial charge is 0.266 e. The lowest BCUT2D eigenvalue weighted by Gasteiger charge is -2.15. The van der Waals surface area contributed by atoms with E-state index in [1.54, 1.807) is 4.57 Å². The number of nitrogens with zero attached hydrogens (tertiary/aromatic N) is 2. The number of aryl methyl sites for hydroxylation is 2. The number of hydrogen-bond donors (Lipinski definition) is 0. The highest BCUT2D eigenvalue weighted by molar-refractivity contribution is 7.99. The molecule has 0 aliphatic carbocycles. The van der Waals surface area contributed by atoms with E-state index in [2.05, 4.69) is 13.0 Å². The maximum atomic E-state index is 13.3. The van der Waals surface area contributed by atoms with E-state index < -0.39 is 0 Å². The molecule has 4 nitrogen and oxygen atoms in total. The zero-order valence-corrected chi connectivity index (χ0v) is 17.3. The predicted octanol–water partition coefficient (Wildman–Crippen LogP) is 5.17. The number of rotatable bonds is 6. The van der Waals surface area contributed by atoms with Gasteiger partial charge in [0, 0.05) is 5.75 Å². The van der Waals surface area contributed by atoms with E-state index >= 15 is 0 Å². The molecule has 0 amide bonds. The molecule has 0 N–H and O–H groups in total. The van der Waals surface area contributed by atoms with Crippen LogP contribution < -0.4 is 10.3 Å². The summed E-state index contributed by atoms with van der Waals surface area (Å²) in [5.41, 5.74) is 3.74. The van der Waals surface area contributed by atoms with Crippen molar-refractivity contribution in [1.82, 2.24) is 9.55 Å². The molecule has 146 valence electrons. The van der Waals surface area contributed by atoms with Crippen LogP contribution >= 0.6 is 11.8 Å². The third-order valence-corrected chi connectivity index (χ3v) is 5.57. The zero-order valence-electron chi connectivity index (χ0n) is 16.5. The van der Waals surface area contributed by atoms with Crippen molar-refractivity contribution >= 4 is 22.7 Å². The maximum Gasteiger partial charge on any atom is 0.266 e. The molecule has 0 bridgehead atoms. The highest BCUT2D eigenvalue weighted by Gasteiger charge is 2.14. The summed E-state index contributed by atoms with van der Waals surface area (Å²) in [4.78, 5) is 18.1. The van der Waals surface area contributed by atoms with Gasteiger partial charge in [0.15, 0.2) is 5.16 Å². The van der Waals surface area contributed by atoms with Gasteiger partial charge >= 0.3 is 0 Å². The second-order valence-electron chi connectivity index (χ2n) is 6.85. The van der Waals surface area contributed by atoms with Gasteiger partial charge in [0.2, 0.25) is 0 Å². The van der Waals surface area contributed by atoms with E-state index in [-0.39, 0.29) is 5.56 Å². The molecular formula is C24H22N2O2S. The van der Waals surface area contributed by atoms with Crippen LogP contribution in [0.15, 0.2) is 82.7 Å². The van der Waals surface area contributed by atoms with Crippen molar-refractivity contribution in [2.75, 3.05) is 12.4 Å². The standard InChI is InChI=1S/C24H22N2O2S/c1-17-12-13-22(18(2)16-17)26-23(27)20-10-6-7-11-21(20)25-24(26)29-15-14-28-19-8-4-3-5-9-19/h3-13,16H,14-15H2,1-2H3. The first-order valence-electron chi connectivity index (χ1n) is 9.53. The Morgan fingerprint density at radius 1 is 0.966 bits per heavy atom. The molecule has 29 heavy (non-hydrogen) atoms. The number of ether oxygens (including phenoxy) is 1. The molecule has 4 aromatic rings. The molecule has 0 unspecified atom stereocenters. The monoisotopic (exact) mass is 402 g/mol. The minimum Gasteiger partial charge on any atom is -0.493 e. The summed E-state index contributed by atoms with van der Waals surface area (Å²) in [5, 5.41) is 1.30. The first-order valence-corrected chi connectivity index (χ1v) is 10.5. The van der Waals surface area contributed by atoms with Crippen LogP contribution in [0.1, 0.15) is 11.1 Å². The minimum atomic E-state index is -0.0472. The Labute approximate surface area is 174 Å². The molecule has 1 aromatic heterocycles. The second kappa shape index (κ2) is 8.53. The predicted molar refractivity (Wildman–Crippen MR) is 119 cm³/mol. The van der Waals surface area contributed by atoms with Gasteiger partial charge in [0.25, 0.3) is 5.56 Å². The van der Waals surface area contributed by atoms with Crippen LogP contribution in [0.3, 0.4) is 0 Å². The van der Waals surface area contributed by atoms with Crippen molar-refractivity contribution in [2.45, 2.75) is 19.0 Å². The van der Waals surface area contributed by atoms with Gasteiger partial charge in [-0.05, 0) is 49.7 Å². The Morgan fingerprint density at radius 3 is 2.52 bits per heavy atom. The van der Waals surface area contributed by atoms with Crippen molar-refractivity contribution in [1.29, 1.82) is 0 Å². The van der Waals surface area contributed by atoms with E-state index in [0.717, 1.165) is 17.0 Å². The molecule has 0 aliphatic rings. The van der Waals surface area contributed by atoms with Crippen LogP contribution in [0, 0.1) is 13.8 Å². The van der Waals surface area contributed by atoms with Gasteiger partial charge in [-0.25, -0.2) is 4.98 Å². The van der Waals surface area contributed by atoms with E-state index in [1.165, 1.54) is 17.3 Å². The normalized spacial score (nSPS) is 11.0. The second-order valence-corrected chi connectivity index (χ2v) is 7.91. The number of thioether (sulfide) groups is 1. The van der Waals surface area contributed by atoms with Crippen LogP contribution in [0.2, 0.25) is 0 Å². The van der Waals surface area contributed by atoms with Gasteiger partial charge in [-0.15, -0.1) is 0 Å². The van der Waals surface area contributed by atoms with Crippen LogP contribution in [0.25, 0.3) is 16.6 Å². The summed E-state index contributed by atoms with van der Waals surface area (Å²) < 4.78 is 7.52. The molecule has 0 saturated carbocycles. The summed E-state index contributed by atoms with van der Waals surface area (Å²) in [6, 6.07) is 23.3. The van der Waals surface area contributed by atoms with Crippen LogP contribution in [-0.4, -0.2) is 21.9 Å². The minimum absolute atomic E-state index is 0.0472. The lowest BCUT2D eigenvalue weighted by molar-refractivity contribution is 0.344. The SMILES string of the molecule is Cc1ccc(-n2c(SCCOc3ccccc3)nc3ccccc3c2=O)c(C)c1. The lowest BCUT2D eigenvalue weighted by Crippen LogP contribution is -2.22. The molecule has 0 radical (unpaired) electrons. The molecule has 0 saturated heterocycles. The molecule has 5 heteroatoms. The van der Waals surface area contributed by atoms with Gasteiger partial charge in [-0.1, -0.05) is 59.8 Å². The first kappa shape index (κ1) is 19.3. The molecule has 1 heterocycles. The molecule has 0 fully saturated rings. The zero-order chi connectivity index (χ0) is 20.2. The molecule has 0 spiro atoms. The number of hydrogen-bond acceptors (Lipinski definition) is 4. The fourth-order valence-electron chi connectivity index (χ4n) is 3.29. The van der Waals surface area contributed by atoms with E-state index in [1.807, 2.05) is 73.7 Å². The summed E-state index contributed by atoms with van der Waals surface area (Å²) in [7, 11) is 0. The third-order valence-electron chi connectivity index (χ3n) is 4.66. The Kier molecular flexibility index (Phi) is 5.67. The Bertz CT molecular complexity index is 1200. The van der Waals surface area contributed by atoms with E-state index in [4.69, 9.17) is 9.72 Å². The molecule has 0 aliphatic heterocycles. The van der Waals surface area contributed by atoms with Crippen LogP contribution in [-0.2, 0) is 0 Å². The average molecular weight is 403 g/mol. The van der Waals surface area contributed by atoms with Crippen molar-refractivity contribution in [2.24, 2.45) is 0 Å². The fourth-order valence-corrected chi connectivity index (χ4v) is 4.11. The maximum absolute atomic E-state index is 13.3. The highest BCUT2D eigenvalue weighted by atomic mass is 32.2. The third kappa shape index (κ3) is 4.20. The summed E-state index contributed by atoms with van der Waals surface area (Å²) in [5.74, 6) is 1.52. The quantitative estimate of drug-likeness (QED) is 0.253. The summed E-state index contributed by atoms with van der Waals surface area (Å²) in [6.07, 6.45) is 0. The molecule has 4 rings (SSSR count). The van der Waals surface area contributed by atoms with Gasteiger partial charge in [-0.3, -0.25) is 9.36 Å². The Morgan fingerprint density at radius 2 is 1.72 bits per heavy atom. The number of aromatic nitrogens is 2. The lowest BCUT2D eigenvalue weighted by atomic mass is 10.1. The van der Waals surface area contributed by atoms with Gasteiger partial charge in [0.1, 0.15) is 5.75 Å². The largest absolute Gasteiger partial charge is 0.493 e. The molecular weight excluding hydrogens is 380 g/mol. The van der Waals surface area contributed by atoms with Gasteiger partial charge in [0.05, 0.1) is 23.2 Å². The molecule has 0 atom stereocenters. The van der Waals surface area contributed by atoms with Gasteiger partial charge < -0.3 is 4.74 Å². The highest BCUT2D eigenvalue weighted by Crippen LogP contribution is 2.24. The topological polar surface area (TPSA) is 44.1 Å². The average Bonchev–Trinajstić information content (AvgIpc) is 2.73. The van der Waals surface area contributed by atoms with Crippen LogP contribution in [0.5, 0.6) is 5.75 Å². The molecule has 3 aromatic carbocycles. The Balaban J connectivity index is 1.69. The summed E-state index contributed by atoms with van der Waals surface area (Å²) in [6.45, 7) is 4.61. The Hall–Kier alpha value is -3.05. The van der Waals surface area contributed by atoms with Crippen molar-refractivity contribution in [3.8, 4) is 11.4 Å². The van der Waals surface area contributed by atoms with Crippen molar-refractivity contribution < 1.29 is 4.74 Å².